The van der Waals surface area contributed by atoms with Crippen LogP contribution in [0.1, 0.15) is 42.6 Å². The smallest absolute Gasteiger partial charge is 0.191 e. The molecule has 0 spiro atoms. The Morgan fingerprint density at radius 3 is 2.72 bits per heavy atom. The van der Waals surface area contributed by atoms with Gasteiger partial charge >= 0.3 is 0 Å². The number of piperidine rings is 1. The summed E-state index contributed by atoms with van der Waals surface area (Å²) in [6.45, 7) is 9.50. The third-order valence-electron chi connectivity index (χ3n) is 5.68. The summed E-state index contributed by atoms with van der Waals surface area (Å²) >= 11 is 0. The third-order valence-corrected chi connectivity index (χ3v) is 5.68. The average Bonchev–Trinajstić information content (AvgIpc) is 3.13. The Balaban J connectivity index is 1.31. The summed E-state index contributed by atoms with van der Waals surface area (Å²) in [4.78, 5) is 11.2. The van der Waals surface area contributed by atoms with Gasteiger partial charge in [0.2, 0.25) is 0 Å². The monoisotopic (exact) mass is 396 g/mol. The molecular formula is C23H36N6. The Hall–Kier alpha value is -2.34. The van der Waals surface area contributed by atoms with Crippen LogP contribution in [0, 0.1) is 13.8 Å². The molecule has 2 aromatic rings. The summed E-state index contributed by atoms with van der Waals surface area (Å²) in [5.41, 5.74) is 2.76. The number of aryl methyl sites for hydroxylation is 3. The second-order valence-electron chi connectivity index (χ2n) is 8.06. The number of aliphatic imine (C=N–C) groups is 1. The van der Waals surface area contributed by atoms with Gasteiger partial charge in [0.1, 0.15) is 5.82 Å². The summed E-state index contributed by atoms with van der Waals surface area (Å²) in [6.07, 6.45) is 8.49. The van der Waals surface area contributed by atoms with Gasteiger partial charge in [-0.1, -0.05) is 29.8 Å². The van der Waals surface area contributed by atoms with E-state index in [1.165, 1.54) is 11.1 Å². The quantitative estimate of drug-likeness (QED) is 0.409. The van der Waals surface area contributed by atoms with Gasteiger partial charge in [-0.15, -0.1) is 0 Å². The molecule has 1 fully saturated rings. The number of nitrogens with one attached hydrogen (secondary N) is 2. The standard InChI is InChI=1S/C23H36N6/c1-19-7-6-8-21(17-19)18-28-14-9-22(10-15-28)27-23(24-3)26-11-4-5-13-29-16-12-25-20(29)2/h6-8,12,16-17,22H,4-5,9-11,13-15,18H2,1-3H3,(H2,24,26,27). The number of hydrogen-bond donors (Lipinski definition) is 2. The van der Waals surface area contributed by atoms with E-state index in [1.807, 2.05) is 13.2 Å². The fourth-order valence-electron chi connectivity index (χ4n) is 3.95. The summed E-state index contributed by atoms with van der Waals surface area (Å²) in [5, 5.41) is 7.08. The van der Waals surface area contributed by atoms with Crippen LogP contribution in [0.15, 0.2) is 41.7 Å². The molecule has 1 aliphatic heterocycles. The topological polar surface area (TPSA) is 57.5 Å². The van der Waals surface area contributed by atoms with Crippen LogP contribution in [0.3, 0.4) is 0 Å². The highest BCUT2D eigenvalue weighted by Crippen LogP contribution is 2.14. The van der Waals surface area contributed by atoms with Crippen LogP contribution in [-0.4, -0.2) is 53.1 Å². The van der Waals surface area contributed by atoms with Crippen LogP contribution >= 0.6 is 0 Å². The van der Waals surface area contributed by atoms with Crippen molar-refractivity contribution < 1.29 is 0 Å². The van der Waals surface area contributed by atoms with Crippen molar-refractivity contribution in [2.45, 2.75) is 58.7 Å². The minimum absolute atomic E-state index is 0.503. The molecule has 0 bridgehead atoms. The molecule has 6 heteroatoms. The predicted octanol–water partition coefficient (Wildman–Crippen LogP) is 3.11. The molecule has 0 amide bonds. The van der Waals surface area contributed by atoms with Crippen molar-refractivity contribution in [2.75, 3.05) is 26.7 Å². The van der Waals surface area contributed by atoms with E-state index in [1.54, 1.807) is 0 Å². The van der Waals surface area contributed by atoms with Crippen molar-refractivity contribution in [1.29, 1.82) is 0 Å². The van der Waals surface area contributed by atoms with Crippen LogP contribution in [-0.2, 0) is 13.1 Å². The molecule has 0 radical (unpaired) electrons. The number of imidazole rings is 1. The van der Waals surface area contributed by atoms with Crippen LogP contribution in [0.25, 0.3) is 0 Å². The molecule has 6 nitrogen and oxygen atoms in total. The lowest BCUT2D eigenvalue weighted by Gasteiger charge is -2.33. The second kappa shape index (κ2) is 11.0. The number of likely N-dealkylation sites (tertiary alicyclic amines) is 1. The molecule has 1 aromatic heterocycles. The average molecular weight is 397 g/mol. The zero-order valence-corrected chi connectivity index (χ0v) is 18.2. The van der Waals surface area contributed by atoms with Crippen molar-refractivity contribution in [3.8, 4) is 0 Å². The normalized spacial score (nSPS) is 16.2. The molecule has 29 heavy (non-hydrogen) atoms. The van der Waals surface area contributed by atoms with Gasteiger partial charge in [0, 0.05) is 58.2 Å². The van der Waals surface area contributed by atoms with Crippen LogP contribution in [0.5, 0.6) is 0 Å². The summed E-state index contributed by atoms with van der Waals surface area (Å²) in [7, 11) is 1.86. The number of hydrogen-bond acceptors (Lipinski definition) is 3. The van der Waals surface area contributed by atoms with Gasteiger partial charge in [0.05, 0.1) is 0 Å². The summed E-state index contributed by atoms with van der Waals surface area (Å²) in [5.74, 6) is 2.02. The minimum Gasteiger partial charge on any atom is -0.356 e. The number of nitrogens with zero attached hydrogens (tertiary/aromatic N) is 4. The van der Waals surface area contributed by atoms with Gasteiger partial charge in [0.25, 0.3) is 0 Å². The maximum atomic E-state index is 4.41. The predicted molar refractivity (Wildman–Crippen MR) is 120 cm³/mol. The first-order chi connectivity index (χ1) is 14.1. The van der Waals surface area contributed by atoms with Gasteiger partial charge in [0.15, 0.2) is 5.96 Å². The molecule has 0 atom stereocenters. The Morgan fingerprint density at radius 2 is 2.03 bits per heavy atom. The van der Waals surface area contributed by atoms with E-state index in [-0.39, 0.29) is 0 Å². The van der Waals surface area contributed by atoms with Gasteiger partial charge in [-0.25, -0.2) is 4.98 Å². The summed E-state index contributed by atoms with van der Waals surface area (Å²) < 4.78 is 2.21. The Bertz CT molecular complexity index is 773. The van der Waals surface area contributed by atoms with Gasteiger partial charge < -0.3 is 15.2 Å². The molecule has 0 unspecified atom stereocenters. The molecule has 1 saturated heterocycles. The first-order valence-electron chi connectivity index (χ1n) is 10.9. The number of rotatable bonds is 8. The van der Waals surface area contributed by atoms with Gasteiger partial charge in [-0.2, -0.15) is 0 Å². The van der Waals surface area contributed by atoms with E-state index in [0.29, 0.717) is 6.04 Å². The van der Waals surface area contributed by atoms with Crippen molar-refractivity contribution in [2.24, 2.45) is 4.99 Å². The molecule has 0 saturated carbocycles. The molecular weight excluding hydrogens is 360 g/mol. The number of guanidine groups is 1. The highest BCUT2D eigenvalue weighted by atomic mass is 15.2. The SMILES string of the molecule is CN=C(NCCCCn1ccnc1C)NC1CCN(Cc2cccc(C)c2)CC1. The molecule has 2 heterocycles. The van der Waals surface area contributed by atoms with Crippen molar-refractivity contribution in [3.05, 3.63) is 53.6 Å². The van der Waals surface area contributed by atoms with Crippen molar-refractivity contribution >= 4 is 5.96 Å². The van der Waals surface area contributed by atoms with Gasteiger partial charge in [-0.3, -0.25) is 9.89 Å². The van der Waals surface area contributed by atoms with E-state index in [2.05, 4.69) is 74.4 Å². The minimum atomic E-state index is 0.503. The lowest BCUT2D eigenvalue weighted by atomic mass is 10.0. The first kappa shape index (κ1) is 21.4. The second-order valence-corrected chi connectivity index (χ2v) is 8.06. The van der Waals surface area contributed by atoms with Crippen molar-refractivity contribution in [3.63, 3.8) is 0 Å². The maximum absolute atomic E-state index is 4.41. The van der Waals surface area contributed by atoms with E-state index in [0.717, 1.165) is 70.2 Å². The van der Waals surface area contributed by atoms with Gasteiger partial charge in [-0.05, 0) is 45.1 Å². The Kier molecular flexibility index (Phi) is 8.11. The van der Waals surface area contributed by atoms with E-state index < -0.39 is 0 Å². The van der Waals surface area contributed by atoms with E-state index >= 15 is 0 Å². The largest absolute Gasteiger partial charge is 0.356 e. The van der Waals surface area contributed by atoms with Crippen LogP contribution in [0.2, 0.25) is 0 Å². The molecule has 158 valence electrons. The highest BCUT2D eigenvalue weighted by molar-refractivity contribution is 5.79. The fourth-order valence-corrected chi connectivity index (χ4v) is 3.95. The third kappa shape index (κ3) is 6.89. The fraction of sp³-hybridized carbons (Fsp3) is 0.565. The van der Waals surface area contributed by atoms with E-state index in [4.69, 9.17) is 0 Å². The van der Waals surface area contributed by atoms with Crippen LogP contribution in [0.4, 0.5) is 0 Å². The number of aromatic nitrogens is 2. The number of benzene rings is 1. The summed E-state index contributed by atoms with van der Waals surface area (Å²) in [6, 6.07) is 9.35. The Labute approximate surface area is 175 Å². The highest BCUT2D eigenvalue weighted by Gasteiger charge is 2.20. The molecule has 1 aromatic carbocycles. The lowest BCUT2D eigenvalue weighted by molar-refractivity contribution is 0.198. The molecule has 0 aliphatic carbocycles. The molecule has 2 N–H and O–H groups in total. The Morgan fingerprint density at radius 1 is 1.21 bits per heavy atom. The molecule has 1 aliphatic rings. The van der Waals surface area contributed by atoms with Crippen molar-refractivity contribution in [1.82, 2.24) is 25.1 Å². The number of unbranched alkanes of at least 4 members (excludes halogenated alkanes) is 1. The first-order valence-corrected chi connectivity index (χ1v) is 10.9. The maximum Gasteiger partial charge on any atom is 0.191 e. The van der Waals surface area contributed by atoms with Crippen LogP contribution < -0.4 is 10.6 Å². The zero-order chi connectivity index (χ0) is 20.5. The molecule has 3 rings (SSSR count). The van der Waals surface area contributed by atoms with E-state index in [9.17, 15) is 0 Å². The zero-order valence-electron chi connectivity index (χ0n) is 18.2. The lowest BCUT2D eigenvalue weighted by Crippen LogP contribution is -2.48.